The van der Waals surface area contributed by atoms with Gasteiger partial charge in [0.2, 0.25) is 5.13 Å². The molecule has 0 amide bonds. The predicted molar refractivity (Wildman–Crippen MR) is 58.3 cm³/mol. The summed E-state index contributed by atoms with van der Waals surface area (Å²) in [5.74, 6) is 4.40. The fourth-order valence-corrected chi connectivity index (χ4v) is 1.89. The number of hydrogen-bond acceptors (Lipinski definition) is 4. The lowest BCUT2D eigenvalue weighted by Crippen LogP contribution is -2.11. The molecule has 0 aromatic carbocycles. The van der Waals surface area contributed by atoms with Gasteiger partial charge in [0, 0.05) is 18.0 Å². The van der Waals surface area contributed by atoms with E-state index in [1.54, 1.807) is 0 Å². The van der Waals surface area contributed by atoms with Crippen LogP contribution in [-0.4, -0.2) is 15.4 Å². The van der Waals surface area contributed by atoms with Gasteiger partial charge in [-0.05, 0) is 25.7 Å². The van der Waals surface area contributed by atoms with Crippen LogP contribution in [0.25, 0.3) is 0 Å². The summed E-state index contributed by atoms with van der Waals surface area (Å²) in [6.07, 6.45) is 8.96. The Hall–Kier alpha value is -1.08. The van der Waals surface area contributed by atoms with Gasteiger partial charge >= 0.3 is 0 Å². The fourth-order valence-electron chi connectivity index (χ4n) is 1.20. The Balaban J connectivity index is 1.92. The van der Waals surface area contributed by atoms with E-state index in [9.17, 15) is 0 Å². The molecule has 3 nitrogen and oxygen atoms in total. The molecule has 0 spiro atoms. The summed E-state index contributed by atoms with van der Waals surface area (Å²) in [6, 6.07) is 0.0247. The summed E-state index contributed by atoms with van der Waals surface area (Å²) >= 11 is 1.40. The highest BCUT2D eigenvalue weighted by Crippen LogP contribution is 2.32. The molecule has 1 N–H and O–H groups in total. The number of nitrogens with zero attached hydrogens (tertiary/aromatic N) is 2. The minimum atomic E-state index is 0.0247. The highest BCUT2D eigenvalue weighted by atomic mass is 32.1. The molecule has 1 heterocycles. The van der Waals surface area contributed by atoms with Crippen molar-refractivity contribution in [2.75, 3.05) is 5.32 Å². The van der Waals surface area contributed by atoms with Crippen LogP contribution < -0.4 is 5.32 Å². The summed E-state index contributed by atoms with van der Waals surface area (Å²) < 4.78 is 4.28. The van der Waals surface area contributed by atoms with E-state index in [2.05, 4.69) is 20.6 Å². The molecule has 0 radical (unpaired) electrons. The van der Waals surface area contributed by atoms with E-state index in [-0.39, 0.29) is 6.04 Å². The molecule has 1 aliphatic rings. The van der Waals surface area contributed by atoms with Crippen molar-refractivity contribution in [2.24, 2.45) is 5.92 Å². The van der Waals surface area contributed by atoms with Gasteiger partial charge in [0.05, 0.1) is 6.04 Å². The van der Waals surface area contributed by atoms with Crippen LogP contribution in [0.15, 0.2) is 0 Å². The third kappa shape index (κ3) is 2.46. The average molecular weight is 207 g/mol. The first-order valence-electron chi connectivity index (χ1n) is 4.83. The van der Waals surface area contributed by atoms with Crippen molar-refractivity contribution in [3.8, 4) is 12.3 Å². The molecule has 1 unspecified atom stereocenters. The van der Waals surface area contributed by atoms with Crippen LogP contribution in [0.4, 0.5) is 5.13 Å². The minimum absolute atomic E-state index is 0.0247. The first kappa shape index (κ1) is 9.47. The Bertz CT molecular complexity index is 348. The van der Waals surface area contributed by atoms with Gasteiger partial charge in [0.15, 0.2) is 0 Å². The second-order valence-electron chi connectivity index (χ2n) is 3.70. The number of aromatic nitrogens is 2. The van der Waals surface area contributed by atoms with E-state index >= 15 is 0 Å². The minimum Gasteiger partial charge on any atom is -0.347 e. The highest BCUT2D eigenvalue weighted by molar-refractivity contribution is 7.09. The van der Waals surface area contributed by atoms with Crippen LogP contribution in [-0.2, 0) is 6.42 Å². The van der Waals surface area contributed by atoms with Crippen molar-refractivity contribution < 1.29 is 0 Å². The number of hydrogen-bond donors (Lipinski definition) is 1. The zero-order valence-electron chi connectivity index (χ0n) is 8.16. The lowest BCUT2D eigenvalue weighted by molar-refractivity contribution is 0.787. The summed E-state index contributed by atoms with van der Waals surface area (Å²) in [5.41, 5.74) is 0. The van der Waals surface area contributed by atoms with Gasteiger partial charge in [-0.2, -0.15) is 4.37 Å². The van der Waals surface area contributed by atoms with Crippen molar-refractivity contribution in [3.63, 3.8) is 0 Å². The maximum Gasteiger partial charge on any atom is 0.203 e. The molecular formula is C10H13N3S. The number of rotatable bonds is 4. The lowest BCUT2D eigenvalue weighted by Gasteiger charge is -2.02. The average Bonchev–Trinajstić information content (AvgIpc) is 2.87. The van der Waals surface area contributed by atoms with E-state index in [1.165, 1.54) is 24.4 Å². The van der Waals surface area contributed by atoms with Crippen LogP contribution in [0.1, 0.15) is 25.6 Å². The standard InChI is InChI=1S/C10H13N3S/c1-3-7(2)11-10-12-9(13-14-10)6-8-4-5-8/h1,7-8H,4-6H2,2H3,(H,11,12,13). The summed E-state index contributed by atoms with van der Waals surface area (Å²) in [4.78, 5) is 4.38. The van der Waals surface area contributed by atoms with Crippen LogP contribution in [0.3, 0.4) is 0 Å². The maximum atomic E-state index is 5.26. The van der Waals surface area contributed by atoms with Crippen molar-refractivity contribution in [1.82, 2.24) is 9.36 Å². The molecule has 1 aromatic rings. The molecule has 14 heavy (non-hydrogen) atoms. The first-order valence-corrected chi connectivity index (χ1v) is 5.60. The SMILES string of the molecule is C#CC(C)Nc1nc(CC2CC2)ns1. The molecule has 0 aliphatic heterocycles. The second-order valence-corrected chi connectivity index (χ2v) is 4.45. The van der Waals surface area contributed by atoms with Gasteiger partial charge in [-0.3, -0.25) is 0 Å². The van der Waals surface area contributed by atoms with Gasteiger partial charge in [0.25, 0.3) is 0 Å². The van der Waals surface area contributed by atoms with Gasteiger partial charge in [-0.25, -0.2) is 4.98 Å². The Morgan fingerprint density at radius 3 is 3.14 bits per heavy atom. The van der Waals surface area contributed by atoms with Crippen LogP contribution in [0.5, 0.6) is 0 Å². The molecule has 74 valence electrons. The van der Waals surface area contributed by atoms with Crippen LogP contribution in [0.2, 0.25) is 0 Å². The third-order valence-corrected chi connectivity index (χ3v) is 2.91. The van der Waals surface area contributed by atoms with Crippen LogP contribution >= 0.6 is 11.5 Å². The van der Waals surface area contributed by atoms with Gasteiger partial charge in [-0.15, -0.1) is 6.42 Å². The Kier molecular flexibility index (Phi) is 2.69. The molecule has 4 heteroatoms. The van der Waals surface area contributed by atoms with E-state index in [4.69, 9.17) is 6.42 Å². The highest BCUT2D eigenvalue weighted by Gasteiger charge is 2.23. The molecule has 1 aliphatic carbocycles. The van der Waals surface area contributed by atoms with Crippen molar-refractivity contribution in [2.45, 2.75) is 32.2 Å². The molecule has 1 atom stereocenters. The van der Waals surface area contributed by atoms with Crippen LogP contribution in [0, 0.1) is 18.3 Å². The molecule has 0 bridgehead atoms. The largest absolute Gasteiger partial charge is 0.347 e. The summed E-state index contributed by atoms with van der Waals surface area (Å²) in [6.45, 7) is 1.93. The molecule has 0 saturated heterocycles. The van der Waals surface area contributed by atoms with Crippen molar-refractivity contribution in [3.05, 3.63) is 5.82 Å². The zero-order chi connectivity index (χ0) is 9.97. The first-order chi connectivity index (χ1) is 6.78. The van der Waals surface area contributed by atoms with E-state index in [1.807, 2.05) is 6.92 Å². The topological polar surface area (TPSA) is 37.8 Å². The van der Waals surface area contributed by atoms with Crippen molar-refractivity contribution in [1.29, 1.82) is 0 Å². The summed E-state index contributed by atoms with van der Waals surface area (Å²) in [5, 5.41) is 3.95. The molecule has 1 fully saturated rings. The normalized spacial score (nSPS) is 17.4. The number of nitrogens with one attached hydrogen (secondary N) is 1. The molecule has 1 aromatic heterocycles. The van der Waals surface area contributed by atoms with E-state index in [0.717, 1.165) is 23.3 Å². The molecule has 2 rings (SSSR count). The van der Waals surface area contributed by atoms with Gasteiger partial charge < -0.3 is 5.32 Å². The Labute approximate surface area is 88.1 Å². The van der Waals surface area contributed by atoms with E-state index < -0.39 is 0 Å². The number of anilines is 1. The predicted octanol–water partition coefficient (Wildman–Crippen LogP) is 1.92. The Morgan fingerprint density at radius 2 is 2.50 bits per heavy atom. The monoisotopic (exact) mass is 207 g/mol. The molecule has 1 saturated carbocycles. The smallest absolute Gasteiger partial charge is 0.203 e. The quantitative estimate of drug-likeness (QED) is 0.767. The lowest BCUT2D eigenvalue weighted by atomic mass is 10.3. The van der Waals surface area contributed by atoms with E-state index in [0.29, 0.717) is 0 Å². The Morgan fingerprint density at radius 1 is 1.71 bits per heavy atom. The second kappa shape index (κ2) is 3.97. The van der Waals surface area contributed by atoms with Gasteiger partial charge in [0.1, 0.15) is 5.82 Å². The molecular weight excluding hydrogens is 194 g/mol. The summed E-state index contributed by atoms with van der Waals surface area (Å²) in [7, 11) is 0. The van der Waals surface area contributed by atoms with Gasteiger partial charge in [-0.1, -0.05) is 5.92 Å². The van der Waals surface area contributed by atoms with Crippen molar-refractivity contribution >= 4 is 16.7 Å². The zero-order valence-corrected chi connectivity index (χ0v) is 8.97. The fraction of sp³-hybridized carbons (Fsp3) is 0.600. The third-order valence-electron chi connectivity index (χ3n) is 2.23. The number of terminal acetylenes is 1. The maximum absolute atomic E-state index is 5.26.